The van der Waals surface area contributed by atoms with E-state index in [9.17, 15) is 19.5 Å². The maximum absolute atomic E-state index is 15.5. The number of ether oxygens (including phenoxy) is 4. The average molecular weight is 803 g/mol. The third-order valence-corrected chi connectivity index (χ3v) is 12.6. The van der Waals surface area contributed by atoms with Crippen molar-refractivity contribution in [3.63, 3.8) is 0 Å². The number of aliphatic hydroxyl groups is 1. The lowest BCUT2D eigenvalue weighted by molar-refractivity contribution is -0.150. The van der Waals surface area contributed by atoms with E-state index in [1.54, 1.807) is 26.7 Å². The number of methoxy groups -OCH3 is 1. The minimum Gasteiger partial charge on any atom is -0.497 e. The fraction of sp³-hybridized carbons (Fsp3) is 0.391. The van der Waals surface area contributed by atoms with Crippen LogP contribution in [-0.2, 0) is 47.9 Å². The lowest BCUT2D eigenvalue weighted by Gasteiger charge is -2.39. The van der Waals surface area contributed by atoms with E-state index in [0.29, 0.717) is 54.6 Å². The molecule has 8 rings (SSSR count). The minimum absolute atomic E-state index is 0.0374. The molecule has 0 aliphatic carbocycles. The summed E-state index contributed by atoms with van der Waals surface area (Å²) in [7, 11) is 1.62. The summed E-state index contributed by atoms with van der Waals surface area (Å²) in [5.74, 6) is -0.607. The minimum atomic E-state index is -1.53. The van der Waals surface area contributed by atoms with Crippen molar-refractivity contribution in [2.75, 3.05) is 61.3 Å². The van der Waals surface area contributed by atoms with Crippen molar-refractivity contribution in [2.24, 2.45) is 11.8 Å². The molecule has 1 spiro atoms. The molecule has 3 saturated heterocycles. The van der Waals surface area contributed by atoms with Crippen LogP contribution in [0.1, 0.15) is 49.4 Å². The summed E-state index contributed by atoms with van der Waals surface area (Å²) in [6.45, 7) is 8.11. The molecule has 59 heavy (non-hydrogen) atoms. The van der Waals surface area contributed by atoms with Crippen LogP contribution in [-0.4, -0.2) is 86.7 Å². The number of hydrogen-bond acceptors (Lipinski definition) is 9. The largest absolute Gasteiger partial charge is 0.497 e. The van der Waals surface area contributed by atoms with Crippen LogP contribution in [0.15, 0.2) is 97.1 Å². The standard InChI is InChI=1S/C46H50N4O9/c1-30-41(45(2,3)33-12-17-36(56-4)18-13-33)39(27-40(52)47(20-23-51)28-31-8-6-5-7-9-31)59-46(30)37-26-35(49-22-25-58-44(49)55)16-19-38(37)50(42(46)53)29-32-10-14-34(15-11-32)48-21-24-57-43(48)54/h5-19,26,30,39,41,51H,20-25,27-29H2,1-4H3/t30-,39+,41-,46+/m1/s1. The van der Waals surface area contributed by atoms with Crippen molar-refractivity contribution in [3.8, 4) is 5.75 Å². The fourth-order valence-corrected chi connectivity index (χ4v) is 9.56. The Kier molecular flexibility index (Phi) is 10.8. The van der Waals surface area contributed by atoms with Crippen LogP contribution in [0.4, 0.5) is 26.7 Å². The molecule has 0 radical (unpaired) electrons. The van der Waals surface area contributed by atoms with Gasteiger partial charge in [-0.15, -0.1) is 0 Å². The maximum atomic E-state index is 15.5. The van der Waals surface area contributed by atoms with E-state index < -0.39 is 35.2 Å². The molecule has 0 saturated carbocycles. The van der Waals surface area contributed by atoms with Crippen molar-refractivity contribution in [3.05, 3.63) is 119 Å². The first-order valence-corrected chi connectivity index (χ1v) is 20.1. The molecular weight excluding hydrogens is 753 g/mol. The summed E-state index contributed by atoms with van der Waals surface area (Å²) < 4.78 is 23.2. The molecule has 0 bridgehead atoms. The van der Waals surface area contributed by atoms with Gasteiger partial charge in [-0.1, -0.05) is 75.4 Å². The number of rotatable bonds is 13. The van der Waals surface area contributed by atoms with Crippen molar-refractivity contribution >= 4 is 41.1 Å². The summed E-state index contributed by atoms with van der Waals surface area (Å²) in [5.41, 5.74) is 3.14. The summed E-state index contributed by atoms with van der Waals surface area (Å²) in [6, 6.07) is 30.5. The van der Waals surface area contributed by atoms with E-state index in [1.165, 1.54) is 0 Å². The van der Waals surface area contributed by atoms with Gasteiger partial charge in [-0.3, -0.25) is 19.4 Å². The number of amides is 4. The highest BCUT2D eigenvalue weighted by Crippen LogP contribution is 2.60. The summed E-state index contributed by atoms with van der Waals surface area (Å²) in [4.78, 5) is 61.6. The highest BCUT2D eigenvalue weighted by molar-refractivity contribution is 6.08. The number of cyclic esters (lactones) is 2. The van der Waals surface area contributed by atoms with Crippen molar-refractivity contribution in [2.45, 2.75) is 57.4 Å². The van der Waals surface area contributed by atoms with Crippen molar-refractivity contribution in [1.29, 1.82) is 0 Å². The van der Waals surface area contributed by atoms with E-state index in [0.717, 1.165) is 16.7 Å². The lowest BCUT2D eigenvalue weighted by atomic mass is 9.63. The Morgan fingerprint density at radius 3 is 2.12 bits per heavy atom. The van der Waals surface area contributed by atoms with Gasteiger partial charge >= 0.3 is 12.2 Å². The van der Waals surface area contributed by atoms with Gasteiger partial charge in [0.05, 0.1) is 51.6 Å². The van der Waals surface area contributed by atoms with Gasteiger partial charge in [0.1, 0.15) is 19.0 Å². The van der Waals surface area contributed by atoms with Crippen LogP contribution >= 0.6 is 0 Å². The zero-order valence-corrected chi connectivity index (χ0v) is 33.8. The summed E-state index contributed by atoms with van der Waals surface area (Å²) in [5, 5.41) is 10.1. The first kappa shape index (κ1) is 39.9. The number of hydrogen-bond donors (Lipinski definition) is 1. The molecule has 0 aromatic heterocycles. The smallest absolute Gasteiger partial charge is 0.414 e. The summed E-state index contributed by atoms with van der Waals surface area (Å²) in [6.07, 6.45) is -1.63. The quantitative estimate of drug-likeness (QED) is 0.163. The first-order chi connectivity index (χ1) is 28.5. The van der Waals surface area contributed by atoms with Gasteiger partial charge in [-0.25, -0.2) is 9.59 Å². The molecule has 4 aromatic carbocycles. The number of fused-ring (bicyclic) bond motifs is 2. The van der Waals surface area contributed by atoms with Crippen LogP contribution in [0.2, 0.25) is 0 Å². The van der Waals surface area contributed by atoms with E-state index in [1.807, 2.05) is 104 Å². The van der Waals surface area contributed by atoms with E-state index in [4.69, 9.17) is 18.9 Å². The second kappa shape index (κ2) is 16.0. The zero-order valence-electron chi connectivity index (χ0n) is 33.8. The van der Waals surface area contributed by atoms with E-state index >= 15 is 4.79 Å². The van der Waals surface area contributed by atoms with Crippen LogP contribution in [0.3, 0.4) is 0 Å². The second-order valence-corrected chi connectivity index (χ2v) is 16.2. The summed E-state index contributed by atoms with van der Waals surface area (Å²) >= 11 is 0. The monoisotopic (exact) mass is 802 g/mol. The van der Waals surface area contributed by atoms with Crippen LogP contribution in [0.5, 0.6) is 5.75 Å². The molecule has 0 unspecified atom stereocenters. The van der Waals surface area contributed by atoms with E-state index in [-0.39, 0.29) is 50.5 Å². The normalized spacial score (nSPS) is 22.6. The SMILES string of the molecule is COc1ccc(C(C)(C)[C@H]2[C@H](CC(=O)N(CCO)Cc3ccccc3)O[C@@]3(C(=O)N(Cc4ccc(N5CCOC5=O)cc4)c4ccc(N5CCOC5=O)cc43)[C@@H]2C)cc1. The van der Waals surface area contributed by atoms with Gasteiger partial charge in [0, 0.05) is 41.9 Å². The topological polar surface area (TPSA) is 138 Å². The van der Waals surface area contributed by atoms with Gasteiger partial charge in [-0.05, 0) is 64.6 Å². The highest BCUT2D eigenvalue weighted by atomic mass is 16.6. The van der Waals surface area contributed by atoms with Gasteiger partial charge < -0.3 is 33.9 Å². The van der Waals surface area contributed by atoms with Gasteiger partial charge in [0.15, 0.2) is 5.60 Å². The Hall–Kier alpha value is -5.92. The highest BCUT2D eigenvalue weighted by Gasteiger charge is 2.66. The molecule has 308 valence electrons. The molecule has 4 atom stereocenters. The molecule has 4 amide bonds. The van der Waals surface area contributed by atoms with Gasteiger partial charge in [-0.2, -0.15) is 0 Å². The third-order valence-electron chi connectivity index (χ3n) is 12.6. The predicted molar refractivity (Wildman–Crippen MR) is 220 cm³/mol. The number of anilines is 3. The van der Waals surface area contributed by atoms with Crippen molar-refractivity contribution in [1.82, 2.24) is 4.90 Å². The molecule has 1 N–H and O–H groups in total. The Morgan fingerprint density at radius 1 is 0.864 bits per heavy atom. The second-order valence-electron chi connectivity index (χ2n) is 16.2. The predicted octanol–water partition coefficient (Wildman–Crippen LogP) is 6.39. The molecule has 4 aliphatic rings. The van der Waals surface area contributed by atoms with Gasteiger partial charge in [0.2, 0.25) is 5.91 Å². The van der Waals surface area contributed by atoms with E-state index in [2.05, 4.69) is 13.8 Å². The Bertz CT molecular complexity index is 2210. The number of nitrogens with zero attached hydrogens (tertiary/aromatic N) is 4. The lowest BCUT2D eigenvalue weighted by Crippen LogP contribution is -2.45. The number of aliphatic hydroxyl groups excluding tert-OH is 1. The van der Waals surface area contributed by atoms with Crippen LogP contribution in [0.25, 0.3) is 0 Å². The molecule has 4 aliphatic heterocycles. The fourth-order valence-electron chi connectivity index (χ4n) is 9.56. The molecule has 13 heteroatoms. The Labute approximate surface area is 344 Å². The first-order valence-electron chi connectivity index (χ1n) is 20.1. The molecule has 4 heterocycles. The number of benzene rings is 4. The number of carbonyl (C=O) groups excluding carboxylic acids is 4. The van der Waals surface area contributed by atoms with Crippen molar-refractivity contribution < 1.29 is 43.2 Å². The Morgan fingerprint density at radius 2 is 1.51 bits per heavy atom. The number of carbonyl (C=O) groups is 4. The molecular formula is C46H50N4O9. The Balaban J connectivity index is 1.21. The molecule has 3 fully saturated rings. The average Bonchev–Trinajstić information content (AvgIpc) is 4.00. The zero-order chi connectivity index (χ0) is 41.5. The third kappa shape index (κ3) is 7.16. The maximum Gasteiger partial charge on any atom is 0.414 e. The van der Waals surface area contributed by atoms with Crippen LogP contribution in [0, 0.1) is 11.8 Å². The van der Waals surface area contributed by atoms with Crippen LogP contribution < -0.4 is 19.4 Å². The molecule has 13 nitrogen and oxygen atoms in total. The molecule has 4 aromatic rings. The van der Waals surface area contributed by atoms with Gasteiger partial charge in [0.25, 0.3) is 5.91 Å².